The minimum atomic E-state index is -3.72. The highest BCUT2D eigenvalue weighted by Crippen LogP contribution is 2.22. The van der Waals surface area contributed by atoms with Crippen molar-refractivity contribution in [3.8, 4) is 5.75 Å². The molecule has 0 saturated carbocycles. The highest BCUT2D eigenvalue weighted by Gasteiger charge is 2.17. The molecule has 0 spiro atoms. The van der Waals surface area contributed by atoms with E-state index in [9.17, 15) is 12.8 Å². The first-order valence-electron chi connectivity index (χ1n) is 6.77. The van der Waals surface area contributed by atoms with Crippen LogP contribution in [0.4, 0.5) is 4.39 Å². The summed E-state index contributed by atoms with van der Waals surface area (Å²) in [5.41, 5.74) is 1.32. The van der Waals surface area contributed by atoms with Crippen molar-refractivity contribution >= 4 is 10.0 Å². The number of benzene rings is 2. The average molecular weight is 323 g/mol. The Bertz CT molecular complexity index is 729. The van der Waals surface area contributed by atoms with E-state index in [0.29, 0.717) is 11.3 Å². The van der Waals surface area contributed by atoms with E-state index in [4.69, 9.17) is 4.74 Å². The van der Waals surface area contributed by atoms with Crippen LogP contribution < -0.4 is 9.46 Å². The van der Waals surface area contributed by atoms with Gasteiger partial charge in [0.05, 0.1) is 12.0 Å². The van der Waals surface area contributed by atoms with Gasteiger partial charge >= 0.3 is 0 Å². The second-order valence-electron chi connectivity index (χ2n) is 4.91. The molecule has 0 bridgehead atoms. The summed E-state index contributed by atoms with van der Waals surface area (Å²) in [4.78, 5) is 0.121. The van der Waals surface area contributed by atoms with Crippen LogP contribution in [0.1, 0.15) is 17.3 Å². The zero-order valence-electron chi connectivity index (χ0n) is 12.4. The molecule has 6 heteroatoms. The van der Waals surface area contributed by atoms with Crippen LogP contribution >= 0.6 is 0 Å². The van der Waals surface area contributed by atoms with E-state index < -0.39 is 16.2 Å². The standard InChI is InChI=1S/C16H18FNO3S/c1-12-6-8-15(9-7-12)22(19,20)18-11-16(17)13-4-3-5-14(10-13)21-2/h3-10,16,18H,11H2,1-2H3. The third kappa shape index (κ3) is 4.05. The van der Waals surface area contributed by atoms with Crippen LogP contribution in [-0.4, -0.2) is 22.1 Å². The highest BCUT2D eigenvalue weighted by molar-refractivity contribution is 7.89. The van der Waals surface area contributed by atoms with Gasteiger partial charge in [-0.1, -0.05) is 29.8 Å². The van der Waals surface area contributed by atoms with Gasteiger partial charge in [0.25, 0.3) is 0 Å². The molecular weight excluding hydrogens is 305 g/mol. The molecule has 2 aromatic rings. The van der Waals surface area contributed by atoms with Gasteiger partial charge in [-0.25, -0.2) is 17.5 Å². The van der Waals surface area contributed by atoms with Crippen molar-refractivity contribution in [1.29, 1.82) is 0 Å². The largest absolute Gasteiger partial charge is 0.497 e. The van der Waals surface area contributed by atoms with Gasteiger partial charge in [0, 0.05) is 6.54 Å². The fraction of sp³-hybridized carbons (Fsp3) is 0.250. The van der Waals surface area contributed by atoms with Gasteiger partial charge in [-0.3, -0.25) is 0 Å². The third-order valence-electron chi connectivity index (χ3n) is 3.24. The van der Waals surface area contributed by atoms with Crippen LogP contribution in [-0.2, 0) is 10.0 Å². The smallest absolute Gasteiger partial charge is 0.240 e. The lowest BCUT2D eigenvalue weighted by Gasteiger charge is -2.12. The Morgan fingerprint density at radius 3 is 2.50 bits per heavy atom. The monoisotopic (exact) mass is 323 g/mol. The molecule has 2 aromatic carbocycles. The number of halogens is 1. The zero-order valence-corrected chi connectivity index (χ0v) is 13.2. The van der Waals surface area contributed by atoms with E-state index in [0.717, 1.165) is 5.56 Å². The van der Waals surface area contributed by atoms with Crippen LogP contribution in [0.25, 0.3) is 0 Å². The summed E-state index contributed by atoms with van der Waals surface area (Å²) in [5.74, 6) is 0.529. The summed E-state index contributed by atoms with van der Waals surface area (Å²) in [5, 5.41) is 0. The lowest BCUT2D eigenvalue weighted by molar-refractivity contribution is 0.340. The zero-order chi connectivity index (χ0) is 16.2. The van der Waals surface area contributed by atoms with E-state index in [2.05, 4.69) is 4.72 Å². The predicted octanol–water partition coefficient (Wildman–Crippen LogP) is 2.99. The molecule has 1 unspecified atom stereocenters. The maximum atomic E-state index is 14.2. The van der Waals surface area contributed by atoms with E-state index in [1.165, 1.54) is 19.2 Å². The maximum absolute atomic E-state index is 14.2. The molecule has 0 aromatic heterocycles. The molecule has 1 atom stereocenters. The second kappa shape index (κ2) is 6.89. The molecule has 0 amide bonds. The molecule has 0 saturated heterocycles. The summed E-state index contributed by atoms with van der Waals surface area (Å²) in [7, 11) is -2.22. The normalized spacial score (nSPS) is 12.9. The van der Waals surface area contributed by atoms with Gasteiger partial charge in [-0.15, -0.1) is 0 Å². The van der Waals surface area contributed by atoms with Gasteiger partial charge in [0.15, 0.2) is 0 Å². The predicted molar refractivity (Wildman–Crippen MR) is 83.2 cm³/mol. The quantitative estimate of drug-likeness (QED) is 0.889. The summed E-state index contributed by atoms with van der Waals surface area (Å²) in [6.45, 7) is 1.54. The number of sulfonamides is 1. The van der Waals surface area contributed by atoms with Crippen LogP contribution in [0.5, 0.6) is 5.75 Å². The topological polar surface area (TPSA) is 55.4 Å². The molecule has 2 rings (SSSR count). The molecule has 0 aliphatic carbocycles. The van der Waals surface area contributed by atoms with Gasteiger partial charge in [0.2, 0.25) is 10.0 Å². The van der Waals surface area contributed by atoms with Crippen LogP contribution in [0.15, 0.2) is 53.4 Å². The van der Waals surface area contributed by atoms with E-state index in [1.807, 2.05) is 6.92 Å². The van der Waals surface area contributed by atoms with Crippen molar-refractivity contribution < 1.29 is 17.5 Å². The van der Waals surface area contributed by atoms with Crippen LogP contribution in [0.3, 0.4) is 0 Å². The minimum absolute atomic E-state index is 0.121. The molecule has 0 heterocycles. The van der Waals surface area contributed by atoms with Crippen molar-refractivity contribution in [2.75, 3.05) is 13.7 Å². The van der Waals surface area contributed by atoms with Gasteiger partial charge in [-0.2, -0.15) is 0 Å². The minimum Gasteiger partial charge on any atom is -0.497 e. The number of nitrogens with one attached hydrogen (secondary N) is 1. The molecule has 4 nitrogen and oxygen atoms in total. The molecule has 22 heavy (non-hydrogen) atoms. The summed E-state index contributed by atoms with van der Waals surface area (Å²) >= 11 is 0. The molecular formula is C16H18FNO3S. The second-order valence-corrected chi connectivity index (χ2v) is 6.68. The van der Waals surface area contributed by atoms with Crippen molar-refractivity contribution in [2.45, 2.75) is 18.0 Å². The molecule has 0 radical (unpaired) electrons. The first-order chi connectivity index (χ1) is 10.4. The van der Waals surface area contributed by atoms with E-state index in [-0.39, 0.29) is 11.4 Å². The highest BCUT2D eigenvalue weighted by atomic mass is 32.2. The molecule has 0 aliphatic heterocycles. The fourth-order valence-corrected chi connectivity index (χ4v) is 2.96. The lowest BCUT2D eigenvalue weighted by Crippen LogP contribution is -2.27. The average Bonchev–Trinajstić information content (AvgIpc) is 2.53. The van der Waals surface area contributed by atoms with Crippen molar-refractivity contribution in [1.82, 2.24) is 4.72 Å². The Labute approximate surface area is 130 Å². The number of hydrogen-bond donors (Lipinski definition) is 1. The summed E-state index contributed by atoms with van der Waals surface area (Å²) in [6.07, 6.45) is -1.45. The summed E-state index contributed by atoms with van der Waals surface area (Å²) < 4.78 is 45.7. The number of alkyl halides is 1. The van der Waals surface area contributed by atoms with Crippen LogP contribution in [0.2, 0.25) is 0 Å². The molecule has 1 N–H and O–H groups in total. The Kier molecular flexibility index (Phi) is 5.15. The van der Waals surface area contributed by atoms with Crippen molar-refractivity contribution in [2.24, 2.45) is 0 Å². The summed E-state index contributed by atoms with van der Waals surface area (Å²) in [6, 6.07) is 12.9. The van der Waals surface area contributed by atoms with Gasteiger partial charge < -0.3 is 4.74 Å². The van der Waals surface area contributed by atoms with Gasteiger partial charge in [0.1, 0.15) is 11.9 Å². The maximum Gasteiger partial charge on any atom is 0.240 e. The Morgan fingerprint density at radius 2 is 1.86 bits per heavy atom. The SMILES string of the molecule is COc1cccc(C(F)CNS(=O)(=O)c2ccc(C)cc2)c1. The molecule has 0 fully saturated rings. The molecule has 118 valence electrons. The van der Waals surface area contributed by atoms with Crippen LogP contribution in [0, 0.1) is 6.92 Å². The first-order valence-corrected chi connectivity index (χ1v) is 8.25. The van der Waals surface area contributed by atoms with E-state index >= 15 is 0 Å². The Morgan fingerprint density at radius 1 is 1.18 bits per heavy atom. The first kappa shape index (κ1) is 16.5. The Hall–Kier alpha value is -1.92. The number of rotatable bonds is 6. The number of ether oxygens (including phenoxy) is 1. The third-order valence-corrected chi connectivity index (χ3v) is 4.68. The van der Waals surface area contributed by atoms with Crippen molar-refractivity contribution in [3.05, 3.63) is 59.7 Å². The fourth-order valence-electron chi connectivity index (χ4n) is 1.94. The number of hydrogen-bond acceptors (Lipinski definition) is 3. The number of methoxy groups -OCH3 is 1. The lowest BCUT2D eigenvalue weighted by atomic mass is 10.1. The van der Waals surface area contributed by atoms with Gasteiger partial charge in [-0.05, 0) is 36.8 Å². The van der Waals surface area contributed by atoms with Crippen molar-refractivity contribution in [3.63, 3.8) is 0 Å². The number of aryl methyl sites for hydroxylation is 1. The Balaban J connectivity index is 2.06. The molecule has 0 aliphatic rings. The van der Waals surface area contributed by atoms with E-state index in [1.54, 1.807) is 36.4 Å².